The zero-order chi connectivity index (χ0) is 17.5. The maximum atomic E-state index is 10.9. The first-order chi connectivity index (χ1) is 12.2. The summed E-state index contributed by atoms with van der Waals surface area (Å²) in [6.07, 6.45) is 6.67. The number of benzene rings is 1. The van der Waals surface area contributed by atoms with E-state index in [0.29, 0.717) is 19.2 Å². The standard InChI is InChI=1S/C20H25N3O2/c1-15(24)22-8-3-5-16-4-2-6-17(10-16)18-11-20(13-21-12-18)25-14-19-7-9-23-19/h2,4,6,10-13,19,23H,3,5,7-9,14H2,1H3,(H,22,24)/t19-/m0/s1. The van der Waals surface area contributed by atoms with Crippen LogP contribution in [0.15, 0.2) is 42.7 Å². The van der Waals surface area contributed by atoms with Crippen molar-refractivity contribution in [2.45, 2.75) is 32.2 Å². The molecular weight excluding hydrogens is 314 g/mol. The van der Waals surface area contributed by atoms with E-state index in [1.807, 2.05) is 12.3 Å². The van der Waals surface area contributed by atoms with Crippen molar-refractivity contribution in [3.63, 3.8) is 0 Å². The summed E-state index contributed by atoms with van der Waals surface area (Å²) in [4.78, 5) is 15.2. The fraction of sp³-hybridized carbons (Fsp3) is 0.400. The Labute approximate surface area is 148 Å². The number of nitrogens with one attached hydrogen (secondary N) is 2. The topological polar surface area (TPSA) is 63.2 Å². The highest BCUT2D eigenvalue weighted by atomic mass is 16.5. The Morgan fingerprint density at radius 1 is 1.32 bits per heavy atom. The van der Waals surface area contributed by atoms with Gasteiger partial charge in [-0.25, -0.2) is 0 Å². The molecule has 132 valence electrons. The van der Waals surface area contributed by atoms with Crippen LogP contribution >= 0.6 is 0 Å². The summed E-state index contributed by atoms with van der Waals surface area (Å²) in [6, 6.07) is 11.0. The Kier molecular flexibility index (Phi) is 6.01. The Bertz CT molecular complexity index is 714. The van der Waals surface area contributed by atoms with E-state index in [4.69, 9.17) is 4.74 Å². The van der Waals surface area contributed by atoms with Gasteiger partial charge in [0.05, 0.1) is 6.20 Å². The quantitative estimate of drug-likeness (QED) is 0.726. The van der Waals surface area contributed by atoms with Crippen LogP contribution in [-0.4, -0.2) is 36.6 Å². The number of pyridine rings is 1. The minimum Gasteiger partial charge on any atom is -0.490 e. The van der Waals surface area contributed by atoms with E-state index in [-0.39, 0.29) is 5.91 Å². The summed E-state index contributed by atoms with van der Waals surface area (Å²) in [5.41, 5.74) is 3.45. The molecule has 1 atom stereocenters. The van der Waals surface area contributed by atoms with E-state index in [2.05, 4.69) is 39.9 Å². The molecule has 25 heavy (non-hydrogen) atoms. The van der Waals surface area contributed by atoms with E-state index in [9.17, 15) is 4.79 Å². The molecule has 0 bridgehead atoms. The van der Waals surface area contributed by atoms with Crippen LogP contribution in [0.2, 0.25) is 0 Å². The van der Waals surface area contributed by atoms with E-state index in [0.717, 1.165) is 36.3 Å². The number of ether oxygens (including phenoxy) is 1. The number of hydrogen-bond donors (Lipinski definition) is 2. The van der Waals surface area contributed by atoms with Gasteiger partial charge in [0, 0.05) is 31.3 Å². The highest BCUT2D eigenvalue weighted by Gasteiger charge is 2.16. The molecule has 0 unspecified atom stereocenters. The van der Waals surface area contributed by atoms with Gasteiger partial charge in [0.1, 0.15) is 12.4 Å². The molecule has 2 N–H and O–H groups in total. The summed E-state index contributed by atoms with van der Waals surface area (Å²) >= 11 is 0. The Balaban J connectivity index is 1.60. The molecule has 1 aromatic carbocycles. The van der Waals surface area contributed by atoms with Gasteiger partial charge in [-0.2, -0.15) is 0 Å². The van der Waals surface area contributed by atoms with Crippen LogP contribution in [-0.2, 0) is 11.2 Å². The van der Waals surface area contributed by atoms with Crippen molar-refractivity contribution in [3.05, 3.63) is 48.3 Å². The van der Waals surface area contributed by atoms with Crippen molar-refractivity contribution in [1.29, 1.82) is 0 Å². The number of carbonyl (C=O) groups excluding carboxylic acids is 1. The predicted molar refractivity (Wildman–Crippen MR) is 98.6 cm³/mol. The lowest BCUT2D eigenvalue weighted by Crippen LogP contribution is -2.46. The highest BCUT2D eigenvalue weighted by Crippen LogP contribution is 2.24. The molecule has 0 radical (unpaired) electrons. The number of aromatic nitrogens is 1. The van der Waals surface area contributed by atoms with Gasteiger partial charge in [0.15, 0.2) is 0 Å². The van der Waals surface area contributed by atoms with Crippen LogP contribution in [0.1, 0.15) is 25.3 Å². The molecule has 5 nitrogen and oxygen atoms in total. The summed E-state index contributed by atoms with van der Waals surface area (Å²) in [6.45, 7) is 4.03. The zero-order valence-electron chi connectivity index (χ0n) is 14.6. The number of rotatable bonds is 8. The smallest absolute Gasteiger partial charge is 0.216 e. The fourth-order valence-electron chi connectivity index (χ4n) is 2.81. The molecule has 1 aliphatic heterocycles. The molecule has 0 spiro atoms. The molecule has 1 aromatic heterocycles. The minimum atomic E-state index is 0.0220. The van der Waals surface area contributed by atoms with Crippen molar-refractivity contribution in [2.24, 2.45) is 0 Å². The van der Waals surface area contributed by atoms with E-state index in [1.54, 1.807) is 13.1 Å². The number of nitrogens with zero attached hydrogens (tertiary/aromatic N) is 1. The molecule has 1 amide bonds. The minimum absolute atomic E-state index is 0.0220. The first-order valence-corrected chi connectivity index (χ1v) is 8.86. The maximum Gasteiger partial charge on any atom is 0.216 e. The van der Waals surface area contributed by atoms with E-state index in [1.165, 1.54) is 12.0 Å². The van der Waals surface area contributed by atoms with Gasteiger partial charge in [0.2, 0.25) is 5.91 Å². The third kappa shape index (κ3) is 5.29. The normalized spacial score (nSPS) is 16.1. The lowest BCUT2D eigenvalue weighted by atomic mass is 10.0. The first kappa shape index (κ1) is 17.4. The average molecular weight is 339 g/mol. The Morgan fingerprint density at radius 2 is 2.20 bits per heavy atom. The third-order valence-electron chi connectivity index (χ3n) is 4.37. The van der Waals surface area contributed by atoms with Crippen LogP contribution in [0.3, 0.4) is 0 Å². The predicted octanol–water partition coefficient (Wildman–Crippen LogP) is 2.56. The van der Waals surface area contributed by atoms with Crippen molar-refractivity contribution >= 4 is 5.91 Å². The molecule has 3 rings (SSSR count). The molecule has 1 aliphatic rings. The van der Waals surface area contributed by atoms with Crippen molar-refractivity contribution in [1.82, 2.24) is 15.6 Å². The second-order valence-corrected chi connectivity index (χ2v) is 6.45. The second kappa shape index (κ2) is 8.62. The lowest BCUT2D eigenvalue weighted by Gasteiger charge is -2.27. The first-order valence-electron chi connectivity index (χ1n) is 8.86. The van der Waals surface area contributed by atoms with E-state index >= 15 is 0 Å². The summed E-state index contributed by atoms with van der Waals surface area (Å²) < 4.78 is 5.84. The fourth-order valence-corrected chi connectivity index (χ4v) is 2.81. The van der Waals surface area contributed by atoms with Crippen molar-refractivity contribution in [3.8, 4) is 16.9 Å². The maximum absolute atomic E-state index is 10.9. The Hall–Kier alpha value is -2.40. The van der Waals surface area contributed by atoms with Crippen molar-refractivity contribution < 1.29 is 9.53 Å². The second-order valence-electron chi connectivity index (χ2n) is 6.45. The van der Waals surface area contributed by atoms with Crippen LogP contribution < -0.4 is 15.4 Å². The third-order valence-corrected chi connectivity index (χ3v) is 4.37. The van der Waals surface area contributed by atoms with Gasteiger partial charge in [-0.05, 0) is 43.0 Å². The molecule has 2 heterocycles. The van der Waals surface area contributed by atoms with Crippen LogP contribution in [0, 0.1) is 0 Å². The van der Waals surface area contributed by atoms with Gasteiger partial charge in [-0.1, -0.05) is 24.3 Å². The molecule has 0 saturated carbocycles. The molecular formula is C20H25N3O2. The lowest BCUT2D eigenvalue weighted by molar-refractivity contribution is -0.118. The van der Waals surface area contributed by atoms with Crippen LogP contribution in [0.5, 0.6) is 5.75 Å². The summed E-state index contributed by atoms with van der Waals surface area (Å²) in [5.74, 6) is 0.830. The largest absolute Gasteiger partial charge is 0.490 e. The number of aryl methyl sites for hydroxylation is 1. The SMILES string of the molecule is CC(=O)NCCCc1cccc(-c2cncc(OC[C@@H]3CCN3)c2)c1. The van der Waals surface area contributed by atoms with Gasteiger partial charge in [0.25, 0.3) is 0 Å². The summed E-state index contributed by atoms with van der Waals surface area (Å²) in [7, 11) is 0. The van der Waals surface area contributed by atoms with Crippen molar-refractivity contribution in [2.75, 3.05) is 19.7 Å². The van der Waals surface area contributed by atoms with Gasteiger partial charge < -0.3 is 15.4 Å². The van der Waals surface area contributed by atoms with Gasteiger partial charge in [-0.3, -0.25) is 9.78 Å². The highest BCUT2D eigenvalue weighted by molar-refractivity contribution is 5.72. The summed E-state index contributed by atoms with van der Waals surface area (Å²) in [5, 5.41) is 6.16. The molecule has 1 saturated heterocycles. The van der Waals surface area contributed by atoms with Gasteiger partial charge in [-0.15, -0.1) is 0 Å². The number of amides is 1. The molecule has 5 heteroatoms. The number of hydrogen-bond acceptors (Lipinski definition) is 4. The van der Waals surface area contributed by atoms with Gasteiger partial charge >= 0.3 is 0 Å². The molecule has 0 aliphatic carbocycles. The average Bonchev–Trinajstić information content (AvgIpc) is 2.58. The molecule has 2 aromatic rings. The van der Waals surface area contributed by atoms with Crippen LogP contribution in [0.25, 0.3) is 11.1 Å². The monoisotopic (exact) mass is 339 g/mol. The number of carbonyl (C=O) groups is 1. The zero-order valence-corrected chi connectivity index (χ0v) is 14.6. The van der Waals surface area contributed by atoms with E-state index < -0.39 is 0 Å². The Morgan fingerprint density at radius 3 is 2.96 bits per heavy atom. The molecule has 1 fully saturated rings. The van der Waals surface area contributed by atoms with Crippen LogP contribution in [0.4, 0.5) is 0 Å².